The molecule has 0 amide bonds. The molecule has 0 saturated heterocycles. The monoisotopic (exact) mass is 253 g/mol. The van der Waals surface area contributed by atoms with Crippen LogP contribution in [0.4, 0.5) is 0 Å². The molecule has 3 rings (SSSR count). The lowest BCUT2D eigenvalue weighted by Gasteiger charge is -2.04. The molecular weight excluding hydrogens is 238 g/mol. The van der Waals surface area contributed by atoms with Gasteiger partial charge in [-0.25, -0.2) is 9.97 Å². The fraction of sp³-hybridized carbons (Fsp3) is 0.214. The Hall–Kier alpha value is -2.27. The quantitative estimate of drug-likeness (QED) is 0.768. The molecule has 0 atom stereocenters. The van der Waals surface area contributed by atoms with Crippen molar-refractivity contribution in [3.05, 3.63) is 48.7 Å². The number of hydrogen-bond acceptors (Lipinski definition) is 4. The molecule has 96 valence electrons. The molecule has 5 heteroatoms. The van der Waals surface area contributed by atoms with Gasteiger partial charge in [-0.05, 0) is 37.6 Å². The fourth-order valence-electron chi connectivity index (χ4n) is 2.02. The summed E-state index contributed by atoms with van der Waals surface area (Å²) >= 11 is 0. The lowest BCUT2D eigenvalue weighted by Crippen LogP contribution is -2.01. The Kier molecular flexibility index (Phi) is 3.20. The summed E-state index contributed by atoms with van der Waals surface area (Å²) in [5.74, 6) is 0.706. The van der Waals surface area contributed by atoms with E-state index in [2.05, 4.69) is 21.0 Å². The number of fused-ring (bicyclic) bond motifs is 1. The maximum atomic E-state index is 5.52. The highest BCUT2D eigenvalue weighted by Crippen LogP contribution is 2.18. The van der Waals surface area contributed by atoms with Crippen molar-refractivity contribution in [1.82, 2.24) is 19.4 Å². The lowest BCUT2D eigenvalue weighted by atomic mass is 10.1. The van der Waals surface area contributed by atoms with Crippen molar-refractivity contribution in [3.63, 3.8) is 0 Å². The number of imidazole rings is 1. The molecule has 5 nitrogen and oxygen atoms in total. The van der Waals surface area contributed by atoms with Gasteiger partial charge in [0.1, 0.15) is 0 Å². The zero-order valence-electron chi connectivity index (χ0n) is 10.5. The van der Waals surface area contributed by atoms with E-state index in [4.69, 9.17) is 5.73 Å². The van der Waals surface area contributed by atoms with Crippen molar-refractivity contribution in [2.45, 2.75) is 12.8 Å². The zero-order valence-corrected chi connectivity index (χ0v) is 10.5. The normalized spacial score (nSPS) is 11.0. The summed E-state index contributed by atoms with van der Waals surface area (Å²) in [5, 5.41) is 0. The SMILES string of the molecule is NCCCc1cc(-c2ccn3ccnc3n2)ccn1. The van der Waals surface area contributed by atoms with Crippen molar-refractivity contribution in [3.8, 4) is 11.3 Å². The summed E-state index contributed by atoms with van der Waals surface area (Å²) < 4.78 is 1.89. The maximum absolute atomic E-state index is 5.52. The number of aromatic nitrogens is 4. The van der Waals surface area contributed by atoms with Gasteiger partial charge >= 0.3 is 0 Å². The Morgan fingerprint density at radius 2 is 2.05 bits per heavy atom. The second-order valence-corrected chi connectivity index (χ2v) is 4.38. The zero-order chi connectivity index (χ0) is 13.1. The molecule has 0 fully saturated rings. The minimum atomic E-state index is 0.685. The van der Waals surface area contributed by atoms with Gasteiger partial charge in [0.05, 0.1) is 5.69 Å². The van der Waals surface area contributed by atoms with Gasteiger partial charge < -0.3 is 5.73 Å². The van der Waals surface area contributed by atoms with Crippen LogP contribution in [0.25, 0.3) is 17.0 Å². The highest BCUT2D eigenvalue weighted by molar-refractivity contribution is 5.60. The van der Waals surface area contributed by atoms with Crippen LogP contribution in [-0.2, 0) is 6.42 Å². The number of hydrogen-bond donors (Lipinski definition) is 1. The first kappa shape index (κ1) is 11.8. The van der Waals surface area contributed by atoms with Gasteiger partial charge in [-0.3, -0.25) is 9.38 Å². The van der Waals surface area contributed by atoms with Gasteiger partial charge in [0.25, 0.3) is 0 Å². The summed E-state index contributed by atoms with van der Waals surface area (Å²) in [5.41, 5.74) is 8.55. The van der Waals surface area contributed by atoms with Crippen molar-refractivity contribution in [1.29, 1.82) is 0 Å². The second kappa shape index (κ2) is 5.16. The van der Waals surface area contributed by atoms with E-state index in [1.807, 2.05) is 35.1 Å². The molecule has 19 heavy (non-hydrogen) atoms. The van der Waals surface area contributed by atoms with Crippen LogP contribution >= 0.6 is 0 Å². The first-order valence-corrected chi connectivity index (χ1v) is 6.32. The Bertz CT molecular complexity index is 689. The molecule has 0 aliphatic rings. The van der Waals surface area contributed by atoms with Crippen LogP contribution < -0.4 is 5.73 Å². The predicted octanol–water partition coefficient (Wildman–Crippen LogP) is 1.68. The molecule has 0 bridgehead atoms. The molecule has 0 radical (unpaired) electrons. The number of rotatable bonds is 4. The first-order chi connectivity index (χ1) is 9.36. The average Bonchev–Trinajstić information content (AvgIpc) is 2.92. The summed E-state index contributed by atoms with van der Waals surface area (Å²) in [7, 11) is 0. The highest BCUT2D eigenvalue weighted by atomic mass is 15.1. The molecule has 3 aromatic heterocycles. The molecule has 3 aromatic rings. The van der Waals surface area contributed by atoms with E-state index >= 15 is 0 Å². The van der Waals surface area contributed by atoms with Crippen LogP contribution in [0.3, 0.4) is 0 Å². The number of aryl methyl sites for hydroxylation is 1. The van der Waals surface area contributed by atoms with Crippen LogP contribution in [0, 0.1) is 0 Å². The minimum Gasteiger partial charge on any atom is -0.330 e. The number of pyridine rings is 1. The van der Waals surface area contributed by atoms with Crippen LogP contribution in [0.1, 0.15) is 12.1 Å². The van der Waals surface area contributed by atoms with Gasteiger partial charge in [0.15, 0.2) is 0 Å². The molecule has 0 spiro atoms. The van der Waals surface area contributed by atoms with Gasteiger partial charge in [-0.1, -0.05) is 0 Å². The van der Waals surface area contributed by atoms with Gasteiger partial charge in [-0.15, -0.1) is 0 Å². The van der Waals surface area contributed by atoms with Gasteiger partial charge in [0, 0.05) is 36.0 Å². The Balaban J connectivity index is 1.95. The number of nitrogens with two attached hydrogens (primary N) is 1. The van der Waals surface area contributed by atoms with Crippen LogP contribution in [0.5, 0.6) is 0 Å². The van der Waals surface area contributed by atoms with Crippen molar-refractivity contribution >= 4 is 5.78 Å². The number of nitrogens with zero attached hydrogens (tertiary/aromatic N) is 4. The van der Waals surface area contributed by atoms with Crippen LogP contribution in [0.15, 0.2) is 43.0 Å². The molecule has 0 aliphatic heterocycles. The van der Waals surface area contributed by atoms with Crippen LogP contribution in [-0.4, -0.2) is 25.9 Å². The smallest absolute Gasteiger partial charge is 0.234 e. The fourth-order valence-corrected chi connectivity index (χ4v) is 2.02. The summed E-state index contributed by atoms with van der Waals surface area (Å²) in [6.45, 7) is 0.685. The largest absolute Gasteiger partial charge is 0.330 e. The maximum Gasteiger partial charge on any atom is 0.234 e. The summed E-state index contributed by atoms with van der Waals surface area (Å²) in [4.78, 5) is 13.1. The highest BCUT2D eigenvalue weighted by Gasteiger charge is 2.04. The van der Waals surface area contributed by atoms with Crippen molar-refractivity contribution in [2.24, 2.45) is 5.73 Å². The van der Waals surface area contributed by atoms with Gasteiger partial charge in [0.2, 0.25) is 5.78 Å². The van der Waals surface area contributed by atoms with E-state index in [-0.39, 0.29) is 0 Å². The summed E-state index contributed by atoms with van der Waals surface area (Å²) in [6, 6.07) is 6.02. The van der Waals surface area contributed by atoms with Crippen molar-refractivity contribution in [2.75, 3.05) is 6.54 Å². The van der Waals surface area contributed by atoms with E-state index < -0.39 is 0 Å². The average molecular weight is 253 g/mol. The predicted molar refractivity (Wildman–Crippen MR) is 73.6 cm³/mol. The Labute approximate surface area is 111 Å². The Morgan fingerprint density at radius 1 is 1.11 bits per heavy atom. The lowest BCUT2D eigenvalue weighted by molar-refractivity contribution is 0.811. The van der Waals surface area contributed by atoms with E-state index in [9.17, 15) is 0 Å². The molecular formula is C14H15N5. The molecule has 2 N–H and O–H groups in total. The Morgan fingerprint density at radius 3 is 2.95 bits per heavy atom. The summed E-state index contributed by atoms with van der Waals surface area (Å²) in [6.07, 6.45) is 9.25. The van der Waals surface area contributed by atoms with Gasteiger partial charge in [-0.2, -0.15) is 0 Å². The van der Waals surface area contributed by atoms with Crippen LogP contribution in [0.2, 0.25) is 0 Å². The van der Waals surface area contributed by atoms with Crippen molar-refractivity contribution < 1.29 is 0 Å². The molecule has 3 heterocycles. The van der Waals surface area contributed by atoms with E-state index in [0.717, 1.165) is 29.8 Å². The van der Waals surface area contributed by atoms with E-state index in [0.29, 0.717) is 12.3 Å². The van der Waals surface area contributed by atoms with E-state index in [1.165, 1.54) is 0 Å². The van der Waals surface area contributed by atoms with E-state index in [1.54, 1.807) is 6.20 Å². The second-order valence-electron chi connectivity index (χ2n) is 4.38. The molecule has 0 unspecified atom stereocenters. The first-order valence-electron chi connectivity index (χ1n) is 6.32. The third-order valence-corrected chi connectivity index (χ3v) is 3.01. The molecule has 0 saturated carbocycles. The third-order valence-electron chi connectivity index (χ3n) is 3.01. The standard InChI is InChI=1S/C14H15N5/c15-5-1-2-12-10-11(3-6-16-12)13-4-8-19-9-7-17-14(19)18-13/h3-4,6-10H,1-2,5,15H2. The molecule has 0 aliphatic carbocycles. The molecule has 0 aromatic carbocycles. The minimum absolute atomic E-state index is 0.685. The topological polar surface area (TPSA) is 69.1 Å². The third kappa shape index (κ3) is 2.46.